The smallest absolute Gasteiger partial charge is 0.228 e. The first-order chi connectivity index (χ1) is 6.61. The summed E-state index contributed by atoms with van der Waals surface area (Å²) in [6.45, 7) is 4.35. The van der Waals surface area contributed by atoms with Crippen molar-refractivity contribution in [3.05, 3.63) is 10.1 Å². The Balaban J connectivity index is 2.15. The second kappa shape index (κ2) is 3.50. The Morgan fingerprint density at radius 2 is 2.07 bits per heavy atom. The highest BCUT2D eigenvalue weighted by atomic mass is 16.6. The van der Waals surface area contributed by atoms with E-state index in [1.165, 1.54) is 0 Å². The highest BCUT2D eigenvalue weighted by Gasteiger charge is 2.48. The predicted octanol–water partition coefficient (Wildman–Crippen LogP) is 1.43. The van der Waals surface area contributed by atoms with E-state index >= 15 is 0 Å². The van der Waals surface area contributed by atoms with Gasteiger partial charge in [-0.2, -0.15) is 0 Å². The van der Waals surface area contributed by atoms with E-state index in [-0.39, 0.29) is 17.0 Å². The molecule has 5 atom stereocenters. The van der Waals surface area contributed by atoms with Crippen LogP contribution in [0, 0.1) is 22.0 Å². The van der Waals surface area contributed by atoms with Crippen LogP contribution in [-0.4, -0.2) is 23.0 Å². The maximum absolute atomic E-state index is 10.9. The van der Waals surface area contributed by atoms with Crippen LogP contribution in [0.15, 0.2) is 0 Å². The average Bonchev–Trinajstić information content (AvgIpc) is 2.43. The van der Waals surface area contributed by atoms with E-state index in [2.05, 4.69) is 19.2 Å². The first-order valence-electron chi connectivity index (χ1n) is 5.51. The summed E-state index contributed by atoms with van der Waals surface area (Å²) in [6, 6.07) is 0.218. The van der Waals surface area contributed by atoms with Gasteiger partial charge in [-0.15, -0.1) is 0 Å². The molecule has 1 saturated heterocycles. The first kappa shape index (κ1) is 9.90. The fourth-order valence-electron chi connectivity index (χ4n) is 3.09. The molecule has 1 N–H and O–H groups in total. The van der Waals surface area contributed by atoms with E-state index in [4.69, 9.17) is 0 Å². The third-order valence-corrected chi connectivity index (χ3v) is 4.10. The van der Waals surface area contributed by atoms with Crippen molar-refractivity contribution in [1.82, 2.24) is 5.32 Å². The molecule has 1 aliphatic carbocycles. The molecule has 2 fully saturated rings. The third kappa shape index (κ3) is 1.41. The molecule has 4 heteroatoms. The average molecular weight is 198 g/mol. The summed E-state index contributed by atoms with van der Waals surface area (Å²) in [5.74, 6) is 1.11. The van der Waals surface area contributed by atoms with Gasteiger partial charge in [0, 0.05) is 17.4 Å². The Labute approximate surface area is 84.2 Å². The summed E-state index contributed by atoms with van der Waals surface area (Å²) in [7, 11) is 0. The van der Waals surface area contributed by atoms with Crippen molar-refractivity contribution in [3.63, 3.8) is 0 Å². The second-order valence-corrected chi connectivity index (χ2v) is 4.79. The lowest BCUT2D eigenvalue weighted by Gasteiger charge is -2.29. The number of fused-ring (bicyclic) bond motifs is 1. The second-order valence-electron chi connectivity index (χ2n) is 4.79. The van der Waals surface area contributed by atoms with E-state index in [1.54, 1.807) is 0 Å². The number of nitrogens with one attached hydrogen (secondary N) is 1. The van der Waals surface area contributed by atoms with E-state index in [0.29, 0.717) is 17.9 Å². The Morgan fingerprint density at radius 3 is 2.71 bits per heavy atom. The van der Waals surface area contributed by atoms with Crippen LogP contribution in [0.25, 0.3) is 0 Å². The predicted molar refractivity (Wildman–Crippen MR) is 53.7 cm³/mol. The molecule has 4 nitrogen and oxygen atoms in total. The molecule has 80 valence electrons. The van der Waals surface area contributed by atoms with Crippen LogP contribution in [-0.2, 0) is 0 Å². The molecule has 1 aliphatic heterocycles. The van der Waals surface area contributed by atoms with Crippen molar-refractivity contribution in [2.24, 2.45) is 11.8 Å². The molecular formula is C10H18N2O2. The van der Waals surface area contributed by atoms with Crippen molar-refractivity contribution in [1.29, 1.82) is 0 Å². The summed E-state index contributed by atoms with van der Waals surface area (Å²) in [5.41, 5.74) is 0. The molecule has 2 aliphatic rings. The van der Waals surface area contributed by atoms with Gasteiger partial charge in [0.25, 0.3) is 0 Å². The first-order valence-corrected chi connectivity index (χ1v) is 5.51. The lowest BCUT2D eigenvalue weighted by atomic mass is 9.77. The lowest BCUT2D eigenvalue weighted by Crippen LogP contribution is -2.47. The number of rotatable bonds is 1. The van der Waals surface area contributed by atoms with Gasteiger partial charge in [-0.1, -0.05) is 6.92 Å². The topological polar surface area (TPSA) is 55.2 Å². The minimum Gasteiger partial charge on any atom is -0.305 e. The van der Waals surface area contributed by atoms with Gasteiger partial charge >= 0.3 is 0 Å². The largest absolute Gasteiger partial charge is 0.305 e. The van der Waals surface area contributed by atoms with Crippen molar-refractivity contribution >= 4 is 0 Å². The van der Waals surface area contributed by atoms with E-state index in [1.807, 2.05) is 0 Å². The van der Waals surface area contributed by atoms with Crippen LogP contribution in [0.1, 0.15) is 33.1 Å². The highest BCUT2D eigenvalue weighted by Crippen LogP contribution is 2.38. The Hall–Kier alpha value is -0.640. The molecule has 1 saturated carbocycles. The van der Waals surface area contributed by atoms with Crippen LogP contribution in [0.3, 0.4) is 0 Å². The summed E-state index contributed by atoms with van der Waals surface area (Å²) in [5, 5.41) is 14.3. The molecule has 0 aromatic rings. The number of nitro groups is 1. The van der Waals surface area contributed by atoms with E-state index < -0.39 is 0 Å². The van der Waals surface area contributed by atoms with Crippen LogP contribution in [0.2, 0.25) is 0 Å². The van der Waals surface area contributed by atoms with Gasteiger partial charge < -0.3 is 5.32 Å². The standard InChI is InChI=1S/C10H18N2O2/c1-6-7(2)11-10-8(6)4-3-5-9(10)12(13)14/h6-11H,3-5H2,1-2H3. The molecule has 1 heterocycles. The Kier molecular flexibility index (Phi) is 2.47. The molecule has 2 rings (SSSR count). The molecule has 0 amide bonds. The van der Waals surface area contributed by atoms with Gasteiger partial charge in [0.05, 0.1) is 6.04 Å². The van der Waals surface area contributed by atoms with Gasteiger partial charge in [-0.25, -0.2) is 0 Å². The molecular weight excluding hydrogens is 180 g/mol. The van der Waals surface area contributed by atoms with Gasteiger partial charge in [-0.05, 0) is 31.6 Å². The Morgan fingerprint density at radius 1 is 1.36 bits per heavy atom. The van der Waals surface area contributed by atoms with Crippen molar-refractivity contribution in [2.75, 3.05) is 0 Å². The number of nitrogens with zero attached hydrogens (tertiary/aromatic N) is 1. The molecule has 0 spiro atoms. The van der Waals surface area contributed by atoms with Crippen LogP contribution >= 0.6 is 0 Å². The summed E-state index contributed by atoms with van der Waals surface area (Å²) in [6.07, 6.45) is 2.93. The lowest BCUT2D eigenvalue weighted by molar-refractivity contribution is -0.531. The third-order valence-electron chi connectivity index (χ3n) is 4.10. The zero-order valence-corrected chi connectivity index (χ0v) is 8.77. The van der Waals surface area contributed by atoms with Gasteiger partial charge in [0.1, 0.15) is 0 Å². The van der Waals surface area contributed by atoms with E-state index in [0.717, 1.165) is 19.3 Å². The van der Waals surface area contributed by atoms with Crippen LogP contribution in [0.5, 0.6) is 0 Å². The minimum absolute atomic E-state index is 0.0887. The summed E-state index contributed by atoms with van der Waals surface area (Å²) in [4.78, 5) is 10.8. The molecule has 0 aromatic heterocycles. The number of hydrogen-bond acceptors (Lipinski definition) is 3. The van der Waals surface area contributed by atoms with Gasteiger partial charge in [-0.3, -0.25) is 10.1 Å². The van der Waals surface area contributed by atoms with Gasteiger partial charge in [0.15, 0.2) is 0 Å². The van der Waals surface area contributed by atoms with Gasteiger partial charge in [0.2, 0.25) is 6.04 Å². The fourth-order valence-corrected chi connectivity index (χ4v) is 3.09. The molecule has 0 bridgehead atoms. The normalized spacial score (nSPS) is 47.4. The highest BCUT2D eigenvalue weighted by molar-refractivity contribution is 4.99. The summed E-state index contributed by atoms with van der Waals surface area (Å²) < 4.78 is 0. The maximum Gasteiger partial charge on any atom is 0.228 e. The summed E-state index contributed by atoms with van der Waals surface area (Å²) >= 11 is 0. The van der Waals surface area contributed by atoms with Crippen molar-refractivity contribution in [2.45, 2.75) is 51.2 Å². The van der Waals surface area contributed by atoms with Crippen molar-refractivity contribution in [3.8, 4) is 0 Å². The molecule has 0 radical (unpaired) electrons. The minimum atomic E-state index is -0.346. The van der Waals surface area contributed by atoms with Crippen molar-refractivity contribution < 1.29 is 4.92 Å². The molecule has 14 heavy (non-hydrogen) atoms. The zero-order chi connectivity index (χ0) is 10.3. The molecule has 5 unspecified atom stereocenters. The fraction of sp³-hybridized carbons (Fsp3) is 1.00. The monoisotopic (exact) mass is 198 g/mol. The molecule has 0 aromatic carbocycles. The SMILES string of the molecule is CC1NC2C(CCCC2[N+](=O)[O-])C1C. The zero-order valence-electron chi connectivity index (χ0n) is 8.77. The Bertz CT molecular complexity index is 244. The number of hydrogen-bond donors (Lipinski definition) is 1. The maximum atomic E-state index is 10.9. The quantitative estimate of drug-likeness (QED) is 0.512. The van der Waals surface area contributed by atoms with Crippen LogP contribution < -0.4 is 5.32 Å². The van der Waals surface area contributed by atoms with E-state index in [9.17, 15) is 10.1 Å². The van der Waals surface area contributed by atoms with Crippen LogP contribution in [0.4, 0.5) is 0 Å².